The van der Waals surface area contributed by atoms with Gasteiger partial charge in [0.05, 0.1) is 6.20 Å². The summed E-state index contributed by atoms with van der Waals surface area (Å²) in [7, 11) is 1.77. The minimum atomic E-state index is -0.540. The molecule has 0 unspecified atom stereocenters. The maximum Gasteiger partial charge on any atom is 0.413 e. The first kappa shape index (κ1) is 16.0. The van der Waals surface area contributed by atoms with Gasteiger partial charge in [-0.1, -0.05) is 0 Å². The van der Waals surface area contributed by atoms with Gasteiger partial charge in [-0.25, -0.2) is 4.79 Å². The van der Waals surface area contributed by atoms with E-state index in [1.807, 2.05) is 26.8 Å². The Morgan fingerprint density at radius 2 is 2.18 bits per heavy atom. The van der Waals surface area contributed by atoms with Gasteiger partial charge in [-0.3, -0.25) is 15.1 Å². The molecular weight excluding hydrogens is 284 g/mol. The van der Waals surface area contributed by atoms with Crippen LogP contribution in [0.3, 0.4) is 0 Å². The van der Waals surface area contributed by atoms with Gasteiger partial charge in [0, 0.05) is 37.6 Å². The highest BCUT2D eigenvalue weighted by Gasteiger charge is 2.18. The molecule has 120 valence electrons. The number of anilines is 1. The Morgan fingerprint density at radius 3 is 2.82 bits per heavy atom. The lowest BCUT2D eigenvalue weighted by atomic mass is 10.2. The fourth-order valence-corrected chi connectivity index (χ4v) is 1.89. The largest absolute Gasteiger partial charge is 0.444 e. The maximum absolute atomic E-state index is 11.9. The van der Waals surface area contributed by atoms with Gasteiger partial charge in [-0.05, 0) is 26.8 Å². The first-order valence-electron chi connectivity index (χ1n) is 7.05. The molecule has 2 heterocycles. The van der Waals surface area contributed by atoms with Crippen LogP contribution < -0.4 is 10.6 Å². The van der Waals surface area contributed by atoms with Crippen molar-refractivity contribution in [2.24, 2.45) is 7.05 Å². The number of H-pyrrole nitrogens is 1. The number of aryl methyl sites for hydroxylation is 1. The molecule has 0 radical (unpaired) electrons. The third-order valence-electron chi connectivity index (χ3n) is 2.82. The Labute approximate surface area is 129 Å². The highest BCUT2D eigenvalue weighted by atomic mass is 16.6. The second-order valence-electron chi connectivity index (χ2n) is 5.95. The molecule has 8 heteroatoms. The van der Waals surface area contributed by atoms with E-state index in [-0.39, 0.29) is 0 Å². The van der Waals surface area contributed by atoms with Crippen LogP contribution >= 0.6 is 0 Å². The number of nitrogens with one attached hydrogen (secondary N) is 3. The Bertz CT molecular complexity index is 612. The summed E-state index contributed by atoms with van der Waals surface area (Å²) in [6, 6.07) is 1.90. The first-order chi connectivity index (χ1) is 10.3. The van der Waals surface area contributed by atoms with Crippen LogP contribution in [0.15, 0.2) is 18.5 Å². The number of ether oxygens (including phenoxy) is 1. The highest BCUT2D eigenvalue weighted by Crippen LogP contribution is 2.16. The van der Waals surface area contributed by atoms with Gasteiger partial charge in [0.2, 0.25) is 0 Å². The molecular formula is C14H22N6O2. The Hall–Kier alpha value is -2.35. The quantitative estimate of drug-likeness (QED) is 0.782. The Kier molecular flexibility index (Phi) is 4.81. The van der Waals surface area contributed by atoms with Crippen molar-refractivity contribution in [1.82, 2.24) is 25.3 Å². The van der Waals surface area contributed by atoms with Crippen LogP contribution in [0.25, 0.3) is 0 Å². The van der Waals surface area contributed by atoms with E-state index < -0.39 is 11.7 Å². The molecule has 2 aromatic heterocycles. The molecule has 0 aliphatic carbocycles. The van der Waals surface area contributed by atoms with Crippen LogP contribution in [0.2, 0.25) is 0 Å². The number of carbonyl (C=O) groups excluding carboxylic acids is 1. The minimum absolute atomic E-state index is 0.495. The number of hydrogen-bond donors (Lipinski definition) is 3. The molecule has 0 atom stereocenters. The van der Waals surface area contributed by atoms with E-state index in [9.17, 15) is 4.79 Å². The van der Waals surface area contributed by atoms with E-state index in [1.54, 1.807) is 24.1 Å². The van der Waals surface area contributed by atoms with E-state index >= 15 is 0 Å². The van der Waals surface area contributed by atoms with Gasteiger partial charge in [0.25, 0.3) is 0 Å². The molecule has 0 saturated carbocycles. The zero-order valence-corrected chi connectivity index (χ0v) is 13.3. The fraction of sp³-hybridized carbons (Fsp3) is 0.500. The van der Waals surface area contributed by atoms with Crippen LogP contribution in [-0.2, 0) is 24.9 Å². The lowest BCUT2D eigenvalue weighted by Gasteiger charge is -2.20. The van der Waals surface area contributed by atoms with Crippen molar-refractivity contribution in [2.45, 2.75) is 39.5 Å². The number of amides is 1. The van der Waals surface area contributed by atoms with Gasteiger partial charge in [0.1, 0.15) is 11.4 Å². The Morgan fingerprint density at radius 1 is 1.41 bits per heavy atom. The van der Waals surface area contributed by atoms with Gasteiger partial charge >= 0.3 is 6.09 Å². The van der Waals surface area contributed by atoms with Crippen molar-refractivity contribution in [3.8, 4) is 0 Å². The zero-order chi connectivity index (χ0) is 16.2. The van der Waals surface area contributed by atoms with Gasteiger partial charge < -0.3 is 10.1 Å². The van der Waals surface area contributed by atoms with E-state index in [1.165, 1.54) is 0 Å². The smallest absolute Gasteiger partial charge is 0.413 e. The van der Waals surface area contributed by atoms with Gasteiger partial charge in [0.15, 0.2) is 0 Å². The van der Waals surface area contributed by atoms with Crippen molar-refractivity contribution < 1.29 is 9.53 Å². The number of carbonyl (C=O) groups is 1. The van der Waals surface area contributed by atoms with Crippen LogP contribution in [-0.4, -0.2) is 31.7 Å². The number of nitrogens with zero attached hydrogens (tertiary/aromatic N) is 3. The molecule has 0 aliphatic heterocycles. The summed E-state index contributed by atoms with van der Waals surface area (Å²) >= 11 is 0. The predicted octanol–water partition coefficient (Wildman–Crippen LogP) is 1.78. The molecule has 8 nitrogen and oxygen atoms in total. The Balaban J connectivity index is 1.94. The molecule has 0 aliphatic rings. The number of aromatic nitrogens is 4. The van der Waals surface area contributed by atoms with E-state index in [4.69, 9.17) is 4.74 Å². The van der Waals surface area contributed by atoms with Crippen LogP contribution in [0, 0.1) is 0 Å². The average molecular weight is 306 g/mol. The van der Waals surface area contributed by atoms with E-state index in [0.717, 1.165) is 11.3 Å². The summed E-state index contributed by atoms with van der Waals surface area (Å²) < 4.78 is 6.87. The van der Waals surface area contributed by atoms with Crippen molar-refractivity contribution >= 4 is 11.9 Å². The number of rotatable bonds is 5. The summed E-state index contributed by atoms with van der Waals surface area (Å²) in [5.41, 5.74) is 1.33. The summed E-state index contributed by atoms with van der Waals surface area (Å²) in [5, 5.41) is 16.9. The predicted molar refractivity (Wildman–Crippen MR) is 82.2 cm³/mol. The van der Waals surface area contributed by atoms with Crippen molar-refractivity contribution in [2.75, 3.05) is 5.32 Å². The van der Waals surface area contributed by atoms with E-state index in [0.29, 0.717) is 18.9 Å². The van der Waals surface area contributed by atoms with Crippen molar-refractivity contribution in [3.63, 3.8) is 0 Å². The molecule has 2 aromatic rings. The number of hydrogen-bond acceptors (Lipinski definition) is 5. The number of aromatic amines is 1. The SMILES string of the molecule is Cn1ncc(CNCc2ccn[nH]2)c1NC(=O)OC(C)(C)C. The lowest BCUT2D eigenvalue weighted by Crippen LogP contribution is -2.28. The molecule has 0 saturated heterocycles. The molecule has 2 rings (SSSR count). The first-order valence-corrected chi connectivity index (χ1v) is 7.05. The van der Waals surface area contributed by atoms with Crippen molar-refractivity contribution in [1.29, 1.82) is 0 Å². The molecule has 0 fully saturated rings. The third-order valence-corrected chi connectivity index (χ3v) is 2.82. The van der Waals surface area contributed by atoms with Gasteiger partial charge in [-0.15, -0.1) is 0 Å². The summed E-state index contributed by atoms with van der Waals surface area (Å²) in [4.78, 5) is 11.9. The third kappa shape index (κ3) is 4.59. The lowest BCUT2D eigenvalue weighted by molar-refractivity contribution is 0.0634. The highest BCUT2D eigenvalue weighted by molar-refractivity contribution is 5.84. The second-order valence-corrected chi connectivity index (χ2v) is 5.95. The van der Waals surface area contributed by atoms with Crippen LogP contribution in [0.4, 0.5) is 10.6 Å². The standard InChI is InChI=1S/C14H22N6O2/c1-14(2,3)22-13(21)18-12-10(8-17-20(12)4)7-15-9-11-5-6-16-19-11/h5-6,8,15H,7,9H2,1-4H3,(H,16,19)(H,18,21). The second kappa shape index (κ2) is 6.61. The normalized spacial score (nSPS) is 11.5. The molecule has 3 N–H and O–H groups in total. The summed E-state index contributed by atoms with van der Waals surface area (Å²) in [6.45, 7) is 6.69. The maximum atomic E-state index is 11.9. The molecule has 0 spiro atoms. The molecule has 0 bridgehead atoms. The zero-order valence-electron chi connectivity index (χ0n) is 13.3. The minimum Gasteiger partial charge on any atom is -0.444 e. The molecule has 1 amide bonds. The van der Waals surface area contributed by atoms with Crippen LogP contribution in [0.5, 0.6) is 0 Å². The topological polar surface area (TPSA) is 96.9 Å². The van der Waals surface area contributed by atoms with E-state index in [2.05, 4.69) is 25.9 Å². The average Bonchev–Trinajstić information content (AvgIpc) is 3.01. The van der Waals surface area contributed by atoms with Crippen molar-refractivity contribution in [3.05, 3.63) is 29.7 Å². The molecule has 22 heavy (non-hydrogen) atoms. The van der Waals surface area contributed by atoms with Gasteiger partial charge in [-0.2, -0.15) is 10.2 Å². The van der Waals surface area contributed by atoms with Crippen LogP contribution in [0.1, 0.15) is 32.0 Å². The fourth-order valence-electron chi connectivity index (χ4n) is 1.89. The summed E-state index contributed by atoms with van der Waals surface area (Å²) in [5.74, 6) is 0.617. The monoisotopic (exact) mass is 306 g/mol. The molecule has 0 aromatic carbocycles. The summed E-state index contributed by atoms with van der Waals surface area (Å²) in [6.07, 6.45) is 2.93.